The standard InChI is InChI=1S/C19H25NO5.Na/c1-12(2)18(13-3-4-14-15(9-13)25-8-7-24-14)20-16(21)10-19(5-6-19)11-17(22)23;/h3-4,9,12,18H,5-8,10-11H2,1-2H3,(H,20,21)(H,22,23);/q;+1/p-1. The zero-order valence-corrected chi connectivity index (χ0v) is 17.7. The van der Waals surface area contributed by atoms with E-state index in [4.69, 9.17) is 9.47 Å². The van der Waals surface area contributed by atoms with Crippen LogP contribution in [0.15, 0.2) is 18.2 Å². The summed E-state index contributed by atoms with van der Waals surface area (Å²) in [6.07, 6.45) is 1.72. The number of hydrogen-bond acceptors (Lipinski definition) is 5. The largest absolute Gasteiger partial charge is 1.00 e. The zero-order valence-electron chi connectivity index (χ0n) is 15.7. The van der Waals surface area contributed by atoms with E-state index >= 15 is 0 Å². The third-order valence-corrected chi connectivity index (χ3v) is 4.92. The first-order valence-electron chi connectivity index (χ1n) is 8.77. The minimum Gasteiger partial charge on any atom is -0.550 e. The molecule has 1 N–H and O–H groups in total. The quantitative estimate of drug-likeness (QED) is 0.597. The summed E-state index contributed by atoms with van der Waals surface area (Å²) in [6, 6.07) is 5.55. The van der Waals surface area contributed by atoms with Crippen molar-refractivity contribution < 1.29 is 53.7 Å². The number of carbonyl (C=O) groups excluding carboxylic acids is 2. The predicted molar refractivity (Wildman–Crippen MR) is 89.1 cm³/mol. The summed E-state index contributed by atoms with van der Waals surface area (Å²) in [5, 5.41) is 13.9. The van der Waals surface area contributed by atoms with Crippen molar-refractivity contribution in [3.63, 3.8) is 0 Å². The van der Waals surface area contributed by atoms with Gasteiger partial charge in [-0.3, -0.25) is 4.79 Å². The maximum Gasteiger partial charge on any atom is 1.00 e. The number of benzene rings is 1. The fraction of sp³-hybridized carbons (Fsp3) is 0.579. The molecule has 1 saturated carbocycles. The van der Waals surface area contributed by atoms with Crippen LogP contribution in [-0.4, -0.2) is 25.1 Å². The number of carboxylic acid groups (broad SMARTS) is 1. The van der Waals surface area contributed by atoms with Crippen molar-refractivity contribution in [2.45, 2.75) is 45.6 Å². The van der Waals surface area contributed by atoms with Crippen LogP contribution in [0.2, 0.25) is 0 Å². The average Bonchev–Trinajstić information content (AvgIpc) is 3.29. The van der Waals surface area contributed by atoms with Gasteiger partial charge in [0.25, 0.3) is 0 Å². The van der Waals surface area contributed by atoms with Gasteiger partial charge in [0.05, 0.1) is 6.04 Å². The van der Waals surface area contributed by atoms with Gasteiger partial charge in [-0.25, -0.2) is 0 Å². The smallest absolute Gasteiger partial charge is 0.550 e. The second kappa shape index (κ2) is 8.63. The predicted octanol–water partition coefficient (Wildman–Crippen LogP) is -1.41. The van der Waals surface area contributed by atoms with E-state index in [2.05, 4.69) is 5.32 Å². The second-order valence-electron chi connectivity index (χ2n) is 7.42. The van der Waals surface area contributed by atoms with Gasteiger partial charge in [-0.15, -0.1) is 0 Å². The van der Waals surface area contributed by atoms with Crippen molar-refractivity contribution in [1.29, 1.82) is 0 Å². The molecule has 2 aliphatic rings. The van der Waals surface area contributed by atoms with Gasteiger partial charge in [0.2, 0.25) is 5.91 Å². The van der Waals surface area contributed by atoms with Crippen LogP contribution in [0.5, 0.6) is 11.5 Å². The Bertz CT molecular complexity index is 672. The molecule has 0 spiro atoms. The molecule has 7 heteroatoms. The Morgan fingerprint density at radius 3 is 2.38 bits per heavy atom. The minimum absolute atomic E-state index is 0. The van der Waals surface area contributed by atoms with Crippen molar-refractivity contribution >= 4 is 11.9 Å². The maximum absolute atomic E-state index is 12.5. The van der Waals surface area contributed by atoms with Crippen LogP contribution in [0.3, 0.4) is 0 Å². The molecule has 136 valence electrons. The molecule has 1 aliphatic heterocycles. The molecule has 3 rings (SSSR count). The fourth-order valence-corrected chi connectivity index (χ4v) is 3.35. The Morgan fingerprint density at radius 2 is 1.81 bits per heavy atom. The van der Waals surface area contributed by atoms with Crippen molar-refractivity contribution in [2.24, 2.45) is 11.3 Å². The van der Waals surface area contributed by atoms with Crippen molar-refractivity contribution in [1.82, 2.24) is 5.32 Å². The first-order valence-corrected chi connectivity index (χ1v) is 8.77. The molecular formula is C19H24NNaO5. The summed E-state index contributed by atoms with van der Waals surface area (Å²) in [5.41, 5.74) is 0.550. The number of hydrogen-bond donors (Lipinski definition) is 1. The normalized spacial score (nSPS) is 17.8. The van der Waals surface area contributed by atoms with Crippen LogP contribution in [-0.2, 0) is 9.59 Å². The Kier molecular flexibility index (Phi) is 6.99. The van der Waals surface area contributed by atoms with Gasteiger partial charge >= 0.3 is 29.6 Å². The Labute approximate surface area is 175 Å². The summed E-state index contributed by atoms with van der Waals surface area (Å²) in [7, 11) is 0. The van der Waals surface area contributed by atoms with E-state index in [0.29, 0.717) is 19.0 Å². The number of carboxylic acids is 1. The Hall–Kier alpha value is -1.24. The molecule has 1 unspecified atom stereocenters. The summed E-state index contributed by atoms with van der Waals surface area (Å²) in [5.74, 6) is 0.390. The number of carbonyl (C=O) groups is 2. The fourth-order valence-electron chi connectivity index (χ4n) is 3.35. The van der Waals surface area contributed by atoms with Crippen LogP contribution in [0, 0.1) is 11.3 Å². The number of rotatable bonds is 7. The topological polar surface area (TPSA) is 87.7 Å². The summed E-state index contributed by atoms with van der Waals surface area (Å²) >= 11 is 0. The molecule has 0 aromatic heterocycles. The van der Waals surface area contributed by atoms with Crippen molar-refractivity contribution in [3.05, 3.63) is 23.8 Å². The van der Waals surface area contributed by atoms with Crippen LogP contribution in [0.1, 0.15) is 51.1 Å². The molecule has 0 saturated heterocycles. The van der Waals surface area contributed by atoms with Gasteiger partial charge in [0, 0.05) is 12.4 Å². The molecule has 6 nitrogen and oxygen atoms in total. The molecule has 1 fully saturated rings. The van der Waals surface area contributed by atoms with Gasteiger partial charge in [0.1, 0.15) is 13.2 Å². The van der Waals surface area contributed by atoms with E-state index in [1.54, 1.807) is 0 Å². The monoisotopic (exact) mass is 369 g/mol. The second-order valence-corrected chi connectivity index (χ2v) is 7.42. The number of ether oxygens (including phenoxy) is 2. The number of amides is 1. The van der Waals surface area contributed by atoms with E-state index in [0.717, 1.165) is 24.2 Å². The van der Waals surface area contributed by atoms with Gasteiger partial charge in [-0.1, -0.05) is 19.9 Å². The van der Waals surface area contributed by atoms with Gasteiger partial charge in [-0.05, 0) is 48.3 Å². The third-order valence-electron chi connectivity index (χ3n) is 4.92. The van der Waals surface area contributed by atoms with E-state index in [9.17, 15) is 14.7 Å². The van der Waals surface area contributed by atoms with Crippen molar-refractivity contribution in [2.75, 3.05) is 13.2 Å². The van der Waals surface area contributed by atoms with E-state index < -0.39 is 11.4 Å². The zero-order chi connectivity index (χ0) is 18.0. The summed E-state index contributed by atoms with van der Waals surface area (Å²) < 4.78 is 11.2. The molecular weight excluding hydrogens is 345 g/mol. The first kappa shape index (κ1) is 21.1. The van der Waals surface area contributed by atoms with Crippen molar-refractivity contribution in [3.8, 4) is 11.5 Å². The van der Waals surface area contributed by atoms with Gasteiger partial charge in [0.15, 0.2) is 11.5 Å². The van der Waals surface area contributed by atoms with Gasteiger partial charge in [-0.2, -0.15) is 0 Å². The molecule has 1 amide bonds. The first-order chi connectivity index (χ1) is 11.9. The van der Waals surface area contributed by atoms with Crippen LogP contribution in [0.4, 0.5) is 0 Å². The number of nitrogens with one attached hydrogen (secondary N) is 1. The van der Waals surface area contributed by atoms with Gasteiger partial charge < -0.3 is 24.7 Å². The third kappa shape index (κ3) is 5.15. The van der Waals surface area contributed by atoms with E-state index in [-0.39, 0.29) is 60.3 Å². The Balaban J connectivity index is 0.00000243. The van der Waals surface area contributed by atoms with Crippen LogP contribution in [0.25, 0.3) is 0 Å². The molecule has 1 aromatic carbocycles. The molecule has 1 atom stereocenters. The summed E-state index contributed by atoms with van der Waals surface area (Å²) in [4.78, 5) is 23.3. The Morgan fingerprint density at radius 1 is 1.15 bits per heavy atom. The SMILES string of the molecule is CC(C)C(NC(=O)CC1(CC(=O)[O-])CC1)c1ccc2c(c1)OCCO2.[Na+]. The average molecular weight is 369 g/mol. The molecule has 0 radical (unpaired) electrons. The number of aliphatic carboxylic acids is 1. The van der Waals surface area contributed by atoms with E-state index in [1.165, 1.54) is 0 Å². The molecule has 1 aromatic rings. The molecule has 26 heavy (non-hydrogen) atoms. The number of fused-ring (bicyclic) bond motifs is 1. The maximum atomic E-state index is 12.5. The summed E-state index contributed by atoms with van der Waals surface area (Å²) in [6.45, 7) is 5.13. The molecule has 1 heterocycles. The van der Waals surface area contributed by atoms with Crippen LogP contribution >= 0.6 is 0 Å². The van der Waals surface area contributed by atoms with E-state index in [1.807, 2.05) is 32.0 Å². The minimum atomic E-state index is -1.09. The molecule has 0 bridgehead atoms. The van der Waals surface area contributed by atoms with Crippen LogP contribution < -0.4 is 49.5 Å². The molecule has 1 aliphatic carbocycles.